The number of rotatable bonds is 5. The number of para-hydroxylation sites is 1. The van der Waals surface area contributed by atoms with Crippen LogP contribution in [0, 0.1) is 0 Å². The van der Waals surface area contributed by atoms with Crippen molar-refractivity contribution in [2.24, 2.45) is 0 Å². The molecule has 4 rings (SSSR count). The molecule has 0 amide bonds. The van der Waals surface area contributed by atoms with Crippen LogP contribution in [0.3, 0.4) is 0 Å². The lowest BCUT2D eigenvalue weighted by Crippen LogP contribution is -2.55. The number of nitrogens with zero attached hydrogens (tertiary/aromatic N) is 1. The number of ether oxygens (including phenoxy) is 2. The minimum Gasteiger partial charge on any atom is -0.496 e. The first-order valence-corrected chi connectivity index (χ1v) is 9.94. The van der Waals surface area contributed by atoms with Gasteiger partial charge in [0, 0.05) is 24.7 Å². The summed E-state index contributed by atoms with van der Waals surface area (Å²) < 4.78 is 18.2. The maximum Gasteiger partial charge on any atom is 0.204 e. The number of hydrogen-bond acceptors (Lipinski definition) is 6. The van der Waals surface area contributed by atoms with E-state index in [2.05, 4.69) is 38.2 Å². The quantitative estimate of drug-likeness (QED) is 0.570. The molecule has 1 aliphatic heterocycles. The fourth-order valence-electron chi connectivity index (χ4n) is 4.00. The lowest BCUT2D eigenvalue weighted by Gasteiger charge is -2.41. The third-order valence-electron chi connectivity index (χ3n) is 5.67. The van der Waals surface area contributed by atoms with Crippen molar-refractivity contribution in [3.63, 3.8) is 0 Å². The highest BCUT2D eigenvalue weighted by Crippen LogP contribution is 2.42. The third-order valence-corrected chi connectivity index (χ3v) is 5.67. The van der Waals surface area contributed by atoms with Gasteiger partial charge in [0.25, 0.3) is 0 Å². The van der Waals surface area contributed by atoms with Gasteiger partial charge in [0.05, 0.1) is 18.5 Å². The lowest BCUT2D eigenvalue weighted by molar-refractivity contribution is 0.0479. The summed E-state index contributed by atoms with van der Waals surface area (Å²) in [5.74, 6) is 1.19. The second-order valence-electron chi connectivity index (χ2n) is 8.41. The Morgan fingerprint density at radius 3 is 2.61 bits per heavy atom. The molecule has 8 heteroatoms. The molecule has 6 nitrogen and oxygen atoms in total. The summed E-state index contributed by atoms with van der Waals surface area (Å²) in [5.41, 5.74) is 1.55. The van der Waals surface area contributed by atoms with Crippen LogP contribution in [0.2, 0.25) is 0 Å². The molecule has 0 saturated heterocycles. The van der Waals surface area contributed by atoms with Gasteiger partial charge in [0.1, 0.15) is 33.7 Å². The van der Waals surface area contributed by atoms with Gasteiger partial charge in [-0.15, -0.1) is 24.8 Å². The summed E-state index contributed by atoms with van der Waals surface area (Å²) >= 11 is 0. The maximum absolute atomic E-state index is 13.2. The largest absolute Gasteiger partial charge is 0.496 e. The SMILES string of the molecule is COc1cc2c(c3oc4ccccc4c(=O)c13)CC(NCCN(C)C)C(C)(C)O2.Cl.Cl. The van der Waals surface area contributed by atoms with Crippen molar-refractivity contribution in [3.05, 3.63) is 46.1 Å². The van der Waals surface area contributed by atoms with Crippen molar-refractivity contribution < 1.29 is 13.9 Å². The van der Waals surface area contributed by atoms with Crippen molar-refractivity contribution in [1.29, 1.82) is 0 Å². The Hall–Kier alpha value is -1.99. The van der Waals surface area contributed by atoms with Crippen LogP contribution in [0.1, 0.15) is 19.4 Å². The molecule has 1 unspecified atom stereocenters. The summed E-state index contributed by atoms with van der Waals surface area (Å²) in [5, 5.41) is 4.64. The molecule has 3 aromatic rings. The number of halogens is 2. The molecule has 170 valence electrons. The molecule has 0 aliphatic carbocycles. The zero-order valence-corrected chi connectivity index (χ0v) is 20.1. The van der Waals surface area contributed by atoms with Gasteiger partial charge in [0.15, 0.2) is 0 Å². The third kappa shape index (κ3) is 4.62. The fraction of sp³-hybridized carbons (Fsp3) is 0.435. The highest BCUT2D eigenvalue weighted by Gasteiger charge is 2.39. The van der Waals surface area contributed by atoms with E-state index < -0.39 is 5.60 Å². The van der Waals surface area contributed by atoms with Crippen LogP contribution in [0.4, 0.5) is 0 Å². The molecular formula is C23H30Cl2N2O4. The van der Waals surface area contributed by atoms with Gasteiger partial charge in [-0.3, -0.25) is 4.79 Å². The highest BCUT2D eigenvalue weighted by molar-refractivity contribution is 5.96. The second kappa shape index (κ2) is 9.65. The Morgan fingerprint density at radius 1 is 1.23 bits per heavy atom. The van der Waals surface area contributed by atoms with Crippen LogP contribution in [0.5, 0.6) is 11.5 Å². The zero-order valence-electron chi connectivity index (χ0n) is 18.5. The smallest absolute Gasteiger partial charge is 0.204 e. The standard InChI is InChI=1S/C23H28N2O4.2ClH/c1-23(2)19(24-10-11-25(3)4)12-15-17(29-23)13-18(27-5)20-21(26)14-8-6-7-9-16(14)28-22(15)20;;/h6-9,13,19,24H,10-12H2,1-5H3;2*1H. The first kappa shape index (κ1) is 25.3. The van der Waals surface area contributed by atoms with E-state index in [9.17, 15) is 4.79 Å². The predicted octanol–water partition coefficient (Wildman–Crippen LogP) is 4.03. The molecular weight excluding hydrogens is 439 g/mol. The molecule has 2 aromatic carbocycles. The van der Waals surface area contributed by atoms with E-state index in [0.29, 0.717) is 39.9 Å². The zero-order chi connectivity index (χ0) is 20.8. The van der Waals surface area contributed by atoms with E-state index in [1.54, 1.807) is 13.2 Å². The second-order valence-corrected chi connectivity index (χ2v) is 8.41. The molecule has 31 heavy (non-hydrogen) atoms. The van der Waals surface area contributed by atoms with E-state index in [0.717, 1.165) is 18.7 Å². The van der Waals surface area contributed by atoms with Gasteiger partial charge in [-0.25, -0.2) is 0 Å². The van der Waals surface area contributed by atoms with Gasteiger partial charge in [0.2, 0.25) is 5.43 Å². The van der Waals surface area contributed by atoms with Crippen LogP contribution >= 0.6 is 24.8 Å². The first-order valence-electron chi connectivity index (χ1n) is 9.94. The van der Waals surface area contributed by atoms with E-state index in [1.165, 1.54) is 0 Å². The van der Waals surface area contributed by atoms with Crippen LogP contribution in [0.15, 0.2) is 39.5 Å². The molecule has 0 spiro atoms. The summed E-state index contributed by atoms with van der Waals surface area (Å²) in [4.78, 5) is 15.3. The summed E-state index contributed by atoms with van der Waals surface area (Å²) in [7, 11) is 5.67. The maximum atomic E-state index is 13.2. The van der Waals surface area contributed by atoms with Crippen molar-refractivity contribution in [1.82, 2.24) is 10.2 Å². The number of fused-ring (bicyclic) bond motifs is 4. The summed E-state index contributed by atoms with van der Waals surface area (Å²) in [6, 6.07) is 9.22. The number of benzene rings is 2. The Labute approximate surface area is 194 Å². The van der Waals surface area contributed by atoms with E-state index in [1.807, 2.05) is 24.3 Å². The number of likely N-dealkylation sites (N-methyl/N-ethyl adjacent to an activating group) is 1. The minimum atomic E-state index is -0.408. The average molecular weight is 469 g/mol. The lowest BCUT2D eigenvalue weighted by atomic mass is 9.87. The van der Waals surface area contributed by atoms with Crippen molar-refractivity contribution in [2.45, 2.75) is 31.9 Å². The van der Waals surface area contributed by atoms with E-state index in [4.69, 9.17) is 13.9 Å². The molecule has 0 radical (unpaired) electrons. The normalized spacial score (nSPS) is 16.9. The number of nitrogens with one attached hydrogen (secondary N) is 1. The average Bonchev–Trinajstić information content (AvgIpc) is 2.67. The first-order chi connectivity index (χ1) is 13.8. The predicted molar refractivity (Wildman–Crippen MR) is 130 cm³/mol. The van der Waals surface area contributed by atoms with E-state index >= 15 is 0 Å². The topological polar surface area (TPSA) is 63.9 Å². The highest BCUT2D eigenvalue weighted by atomic mass is 35.5. The van der Waals surface area contributed by atoms with Gasteiger partial charge >= 0.3 is 0 Å². The Bertz CT molecular complexity index is 1130. The van der Waals surface area contributed by atoms with Gasteiger partial charge in [-0.05, 0) is 46.5 Å². The number of methoxy groups -OCH3 is 1. The van der Waals surface area contributed by atoms with Gasteiger partial charge in [-0.1, -0.05) is 12.1 Å². The summed E-state index contributed by atoms with van der Waals surface area (Å²) in [6.45, 7) is 5.94. The molecule has 1 N–H and O–H groups in total. The van der Waals surface area contributed by atoms with Gasteiger partial charge < -0.3 is 24.1 Å². The molecule has 0 bridgehead atoms. The molecule has 1 aliphatic rings. The van der Waals surface area contributed by atoms with Gasteiger partial charge in [-0.2, -0.15) is 0 Å². The Balaban J connectivity index is 0.00000171. The molecule has 0 fully saturated rings. The monoisotopic (exact) mass is 468 g/mol. The van der Waals surface area contributed by atoms with Crippen LogP contribution < -0.4 is 20.2 Å². The Morgan fingerprint density at radius 2 is 1.94 bits per heavy atom. The Kier molecular flexibility index (Phi) is 7.87. The van der Waals surface area contributed by atoms with Crippen molar-refractivity contribution in [3.8, 4) is 11.5 Å². The molecule has 1 atom stereocenters. The fourth-order valence-corrected chi connectivity index (χ4v) is 4.00. The van der Waals surface area contributed by atoms with Crippen molar-refractivity contribution in [2.75, 3.05) is 34.3 Å². The molecule has 1 aromatic heterocycles. The summed E-state index contributed by atoms with van der Waals surface area (Å²) in [6.07, 6.45) is 0.706. The minimum absolute atomic E-state index is 0. The molecule has 2 heterocycles. The number of hydrogen-bond donors (Lipinski definition) is 1. The van der Waals surface area contributed by atoms with E-state index in [-0.39, 0.29) is 36.3 Å². The molecule has 0 saturated carbocycles. The van der Waals surface area contributed by atoms with Crippen LogP contribution in [-0.2, 0) is 6.42 Å². The van der Waals surface area contributed by atoms with Crippen molar-refractivity contribution >= 4 is 46.8 Å². The van der Waals surface area contributed by atoms with Crippen LogP contribution in [0.25, 0.3) is 21.9 Å². The van der Waals surface area contributed by atoms with Crippen LogP contribution in [-0.4, -0.2) is 50.8 Å².